The van der Waals surface area contributed by atoms with Crippen molar-refractivity contribution in [1.29, 1.82) is 0 Å². The molecule has 24 heavy (non-hydrogen) atoms. The minimum Gasteiger partial charge on any atom is -0.340 e. The number of carbonyl (C=O) groups excluding carboxylic acids is 2. The second-order valence-corrected chi connectivity index (χ2v) is 6.97. The van der Waals surface area contributed by atoms with Gasteiger partial charge in [0.1, 0.15) is 5.82 Å². The van der Waals surface area contributed by atoms with Gasteiger partial charge in [-0.3, -0.25) is 9.59 Å². The zero-order chi connectivity index (χ0) is 16.9. The number of aromatic nitrogens is 1. The van der Waals surface area contributed by atoms with Gasteiger partial charge in [0, 0.05) is 31.3 Å². The molecule has 1 aliphatic heterocycles. The van der Waals surface area contributed by atoms with Crippen molar-refractivity contribution in [3.63, 3.8) is 0 Å². The van der Waals surface area contributed by atoms with E-state index in [1.807, 2.05) is 42.5 Å². The number of nitrogens with zero attached hydrogens (tertiary/aromatic N) is 2. The number of benzene rings is 1. The minimum absolute atomic E-state index is 0.0923. The van der Waals surface area contributed by atoms with E-state index >= 15 is 0 Å². The normalized spacial score (nSPS) is 17.1. The molecule has 2 aromatic rings. The van der Waals surface area contributed by atoms with E-state index in [0.29, 0.717) is 18.7 Å². The molecule has 1 aromatic heterocycles. The third-order valence-electron chi connectivity index (χ3n) is 3.83. The van der Waals surface area contributed by atoms with E-state index in [1.54, 1.807) is 18.0 Å². The topological polar surface area (TPSA) is 62.3 Å². The molecule has 124 valence electrons. The highest BCUT2D eigenvalue weighted by Crippen LogP contribution is 2.27. The summed E-state index contributed by atoms with van der Waals surface area (Å²) in [6.07, 6.45) is 2.20. The van der Waals surface area contributed by atoms with Crippen molar-refractivity contribution in [2.45, 2.75) is 13.3 Å². The first kappa shape index (κ1) is 16.5. The van der Waals surface area contributed by atoms with Gasteiger partial charge in [-0.25, -0.2) is 4.98 Å². The van der Waals surface area contributed by atoms with Crippen molar-refractivity contribution in [2.75, 3.05) is 22.5 Å². The summed E-state index contributed by atoms with van der Waals surface area (Å²) in [5.74, 6) is 1.74. The second-order valence-electron chi connectivity index (χ2n) is 5.77. The molecule has 0 bridgehead atoms. The van der Waals surface area contributed by atoms with Crippen LogP contribution in [0.5, 0.6) is 0 Å². The lowest BCUT2D eigenvalue weighted by atomic mass is 10.1. The largest absolute Gasteiger partial charge is 0.340 e. The molecule has 5 nitrogen and oxygen atoms in total. The van der Waals surface area contributed by atoms with Gasteiger partial charge in [0.05, 0.1) is 11.9 Å². The van der Waals surface area contributed by atoms with Crippen LogP contribution in [0.15, 0.2) is 48.7 Å². The molecule has 2 heterocycles. The third-order valence-corrected chi connectivity index (χ3v) is 4.88. The predicted octanol–water partition coefficient (Wildman–Crippen LogP) is 3.46. The van der Waals surface area contributed by atoms with Crippen LogP contribution in [0.2, 0.25) is 0 Å². The molecule has 1 saturated heterocycles. The van der Waals surface area contributed by atoms with Gasteiger partial charge < -0.3 is 10.2 Å². The summed E-state index contributed by atoms with van der Waals surface area (Å²) in [7, 11) is 0. The number of pyridine rings is 1. The lowest BCUT2D eigenvalue weighted by Crippen LogP contribution is -2.24. The van der Waals surface area contributed by atoms with E-state index in [9.17, 15) is 9.59 Å². The summed E-state index contributed by atoms with van der Waals surface area (Å²) < 4.78 is 0. The Morgan fingerprint density at radius 1 is 1.29 bits per heavy atom. The molecule has 1 atom stereocenters. The molecule has 0 saturated carbocycles. The van der Waals surface area contributed by atoms with Crippen LogP contribution in [-0.2, 0) is 9.59 Å². The van der Waals surface area contributed by atoms with Crippen LogP contribution >= 0.6 is 11.8 Å². The average Bonchev–Trinajstić information content (AvgIpc) is 2.96. The molecule has 6 heteroatoms. The molecular weight excluding hydrogens is 322 g/mol. The van der Waals surface area contributed by atoms with Crippen LogP contribution in [0.3, 0.4) is 0 Å². The third kappa shape index (κ3) is 4.14. The van der Waals surface area contributed by atoms with Gasteiger partial charge in [0.25, 0.3) is 0 Å². The van der Waals surface area contributed by atoms with Gasteiger partial charge in [-0.2, -0.15) is 0 Å². The monoisotopic (exact) mass is 341 g/mol. The van der Waals surface area contributed by atoms with Crippen molar-refractivity contribution in [3.8, 4) is 0 Å². The van der Waals surface area contributed by atoms with Gasteiger partial charge in [-0.15, -0.1) is 0 Å². The highest BCUT2D eigenvalue weighted by atomic mass is 32.2. The van der Waals surface area contributed by atoms with Gasteiger partial charge in [-0.05, 0) is 30.2 Å². The van der Waals surface area contributed by atoms with E-state index in [2.05, 4.69) is 10.3 Å². The molecule has 1 fully saturated rings. The second kappa shape index (κ2) is 7.49. The predicted molar refractivity (Wildman–Crippen MR) is 97.6 cm³/mol. The number of rotatable bonds is 5. The fourth-order valence-corrected chi connectivity index (χ4v) is 3.36. The number of para-hydroxylation sites is 1. The quantitative estimate of drug-likeness (QED) is 0.902. The molecular formula is C18H19N3O2S. The first-order valence-electron chi connectivity index (χ1n) is 7.83. The summed E-state index contributed by atoms with van der Waals surface area (Å²) in [4.78, 5) is 29.4. The van der Waals surface area contributed by atoms with Crippen molar-refractivity contribution in [3.05, 3.63) is 48.7 Å². The van der Waals surface area contributed by atoms with Crippen LogP contribution in [0.1, 0.15) is 13.3 Å². The van der Waals surface area contributed by atoms with Gasteiger partial charge >= 0.3 is 0 Å². The van der Waals surface area contributed by atoms with Gasteiger partial charge in [0.15, 0.2) is 5.12 Å². The Balaban J connectivity index is 1.63. The number of thioether (sulfide) groups is 1. The number of amides is 1. The van der Waals surface area contributed by atoms with Crippen LogP contribution in [0.25, 0.3) is 0 Å². The fourth-order valence-electron chi connectivity index (χ4n) is 2.67. The van der Waals surface area contributed by atoms with Crippen molar-refractivity contribution in [1.82, 2.24) is 4.98 Å². The number of carbonyl (C=O) groups is 2. The molecule has 1 amide bonds. The maximum absolute atomic E-state index is 12.2. The molecule has 0 spiro atoms. The molecule has 1 N–H and O–H groups in total. The summed E-state index contributed by atoms with van der Waals surface area (Å²) in [6.45, 7) is 2.20. The Labute approximate surface area is 145 Å². The van der Waals surface area contributed by atoms with E-state index < -0.39 is 0 Å². The zero-order valence-corrected chi connectivity index (χ0v) is 14.3. The molecule has 0 aliphatic carbocycles. The molecule has 3 rings (SSSR count). The first-order chi connectivity index (χ1) is 11.6. The van der Waals surface area contributed by atoms with E-state index in [4.69, 9.17) is 0 Å². The lowest BCUT2D eigenvalue weighted by Gasteiger charge is -2.16. The number of hydrogen-bond donors (Lipinski definition) is 1. The minimum atomic E-state index is 0.0923. The number of nitrogens with one attached hydrogen (secondary N) is 1. The standard InChI is InChI=1S/C18H19N3O2S/c1-13(22)24-12-14-9-18(23)21(11-14)16-7-8-17(19-10-16)20-15-5-3-2-4-6-15/h2-8,10,14H,9,11-12H2,1H3,(H,19,20). The molecule has 1 aromatic carbocycles. The molecule has 1 unspecified atom stereocenters. The Bertz CT molecular complexity index is 719. The molecule has 1 aliphatic rings. The van der Waals surface area contributed by atoms with E-state index in [0.717, 1.165) is 17.2 Å². The highest BCUT2D eigenvalue weighted by molar-refractivity contribution is 8.13. The first-order valence-corrected chi connectivity index (χ1v) is 8.82. The zero-order valence-electron chi connectivity index (χ0n) is 13.4. The van der Waals surface area contributed by atoms with Crippen LogP contribution in [0, 0.1) is 5.92 Å². The van der Waals surface area contributed by atoms with Crippen LogP contribution in [0.4, 0.5) is 17.2 Å². The Kier molecular flexibility index (Phi) is 5.15. The van der Waals surface area contributed by atoms with Gasteiger partial charge in [0.2, 0.25) is 5.91 Å². The van der Waals surface area contributed by atoms with Crippen molar-refractivity contribution >= 4 is 40.0 Å². The summed E-state index contributed by atoms with van der Waals surface area (Å²) in [5.41, 5.74) is 1.77. The summed E-state index contributed by atoms with van der Waals surface area (Å²) >= 11 is 1.29. The maximum Gasteiger partial charge on any atom is 0.227 e. The summed E-state index contributed by atoms with van der Waals surface area (Å²) in [5, 5.41) is 3.32. The fraction of sp³-hybridized carbons (Fsp3) is 0.278. The Morgan fingerprint density at radius 3 is 2.75 bits per heavy atom. The average molecular weight is 341 g/mol. The smallest absolute Gasteiger partial charge is 0.227 e. The summed E-state index contributed by atoms with van der Waals surface area (Å²) in [6, 6.07) is 13.6. The van der Waals surface area contributed by atoms with Crippen molar-refractivity contribution in [2.24, 2.45) is 5.92 Å². The van der Waals surface area contributed by atoms with Crippen LogP contribution < -0.4 is 10.2 Å². The molecule has 0 radical (unpaired) electrons. The Morgan fingerprint density at radius 2 is 2.08 bits per heavy atom. The lowest BCUT2D eigenvalue weighted by molar-refractivity contribution is -0.117. The van der Waals surface area contributed by atoms with E-state index in [-0.39, 0.29) is 16.9 Å². The Hall–Kier alpha value is -2.34. The number of anilines is 3. The highest BCUT2D eigenvalue weighted by Gasteiger charge is 2.30. The number of hydrogen-bond acceptors (Lipinski definition) is 5. The van der Waals surface area contributed by atoms with E-state index in [1.165, 1.54) is 11.8 Å². The van der Waals surface area contributed by atoms with Crippen LogP contribution in [-0.4, -0.2) is 28.3 Å². The SMILES string of the molecule is CC(=O)SCC1CC(=O)N(c2ccc(Nc3ccccc3)nc2)C1. The van der Waals surface area contributed by atoms with Crippen molar-refractivity contribution < 1.29 is 9.59 Å². The van der Waals surface area contributed by atoms with Gasteiger partial charge in [-0.1, -0.05) is 30.0 Å². The maximum atomic E-state index is 12.2.